The lowest BCUT2D eigenvalue weighted by Gasteiger charge is -2.06. The van der Waals surface area contributed by atoms with Gasteiger partial charge in [-0.3, -0.25) is 0 Å². The van der Waals surface area contributed by atoms with Gasteiger partial charge in [-0.2, -0.15) is 30.8 Å². The molecule has 0 bridgehead atoms. The zero-order chi connectivity index (χ0) is 9.41. The quantitative estimate of drug-likeness (QED) is 0.666. The average molecular weight is 200 g/mol. The highest BCUT2D eigenvalue weighted by Crippen LogP contribution is 2.24. The zero-order valence-electron chi connectivity index (χ0n) is 5.49. The Bertz CT molecular complexity index is 352. The molecule has 0 amide bonds. The predicted octanol–water partition coefficient (Wildman–Crippen LogP) is 0.581. The van der Waals surface area contributed by atoms with Crippen molar-refractivity contribution in [1.82, 2.24) is 9.19 Å². The van der Waals surface area contributed by atoms with Gasteiger partial charge in [-0.1, -0.05) is 0 Å². The maximum Gasteiger partial charge on any atom is 0.518 e. The van der Waals surface area contributed by atoms with Gasteiger partial charge in [0, 0.05) is 6.20 Å². The standard InChI is InChI=1S/C4H3F3N2O2S/c5-4(6,7)12(10,11)9-3-1-2-8-9/h1-3H. The smallest absolute Gasteiger partial charge is 0.195 e. The second-order valence-electron chi connectivity index (χ2n) is 1.83. The van der Waals surface area contributed by atoms with Crippen LogP contribution in [0.1, 0.15) is 0 Å². The topological polar surface area (TPSA) is 52.0 Å². The molecule has 0 unspecified atom stereocenters. The number of alkyl halides is 3. The van der Waals surface area contributed by atoms with Crippen molar-refractivity contribution >= 4 is 10.0 Å². The van der Waals surface area contributed by atoms with Crippen LogP contribution in [0.5, 0.6) is 0 Å². The Morgan fingerprint density at radius 1 is 1.33 bits per heavy atom. The minimum atomic E-state index is -5.33. The first-order chi connectivity index (χ1) is 5.36. The van der Waals surface area contributed by atoms with E-state index in [0.717, 1.165) is 12.3 Å². The third kappa shape index (κ3) is 1.29. The van der Waals surface area contributed by atoms with Crippen LogP contribution >= 0.6 is 0 Å². The molecular formula is C4H3F3N2O2S. The van der Waals surface area contributed by atoms with Crippen LogP contribution in [-0.2, 0) is 10.0 Å². The number of aromatic nitrogens is 2. The van der Waals surface area contributed by atoms with Crippen LogP contribution in [0.3, 0.4) is 0 Å². The Balaban J connectivity index is 3.22. The number of rotatable bonds is 1. The zero-order valence-corrected chi connectivity index (χ0v) is 6.30. The van der Waals surface area contributed by atoms with Gasteiger partial charge in [0.05, 0.1) is 6.20 Å². The van der Waals surface area contributed by atoms with E-state index in [-0.39, 0.29) is 4.09 Å². The summed E-state index contributed by atoms with van der Waals surface area (Å²) in [4.78, 5) is 0. The van der Waals surface area contributed by atoms with Crippen LogP contribution in [0.2, 0.25) is 0 Å². The van der Waals surface area contributed by atoms with Crippen LogP contribution < -0.4 is 0 Å². The molecule has 0 spiro atoms. The van der Waals surface area contributed by atoms with Crippen LogP contribution in [-0.4, -0.2) is 23.1 Å². The minimum Gasteiger partial charge on any atom is -0.195 e. The molecule has 4 nitrogen and oxygen atoms in total. The Hall–Kier alpha value is -1.05. The summed E-state index contributed by atoms with van der Waals surface area (Å²) in [7, 11) is -5.33. The average Bonchev–Trinajstić information content (AvgIpc) is 2.34. The van der Waals surface area contributed by atoms with E-state index in [2.05, 4.69) is 5.10 Å². The molecule has 1 aromatic heterocycles. The van der Waals surface area contributed by atoms with Gasteiger partial charge in [-0.15, -0.1) is 0 Å². The van der Waals surface area contributed by atoms with Gasteiger partial charge in [-0.05, 0) is 6.07 Å². The summed E-state index contributed by atoms with van der Waals surface area (Å²) in [5.74, 6) is 0. The van der Waals surface area contributed by atoms with E-state index in [1.54, 1.807) is 0 Å². The molecule has 0 radical (unpaired) electrons. The Morgan fingerprint density at radius 3 is 2.25 bits per heavy atom. The van der Waals surface area contributed by atoms with Crippen LogP contribution in [0.15, 0.2) is 18.5 Å². The Kier molecular flexibility index (Phi) is 1.86. The van der Waals surface area contributed by atoms with Gasteiger partial charge in [0.2, 0.25) is 0 Å². The highest BCUT2D eigenvalue weighted by molar-refractivity contribution is 7.90. The fourth-order valence-electron chi connectivity index (χ4n) is 0.503. The summed E-state index contributed by atoms with van der Waals surface area (Å²) < 4.78 is 56.1. The molecule has 1 aromatic rings. The van der Waals surface area contributed by atoms with Crippen molar-refractivity contribution in [3.05, 3.63) is 18.5 Å². The molecule has 1 heterocycles. The van der Waals surface area contributed by atoms with E-state index in [4.69, 9.17) is 0 Å². The largest absolute Gasteiger partial charge is 0.518 e. The Labute approximate surface area is 65.7 Å². The van der Waals surface area contributed by atoms with Gasteiger partial charge >= 0.3 is 15.5 Å². The van der Waals surface area contributed by atoms with E-state index >= 15 is 0 Å². The van der Waals surface area contributed by atoms with E-state index in [1.807, 2.05) is 0 Å². The van der Waals surface area contributed by atoms with Crippen molar-refractivity contribution in [3.8, 4) is 0 Å². The second-order valence-corrected chi connectivity index (χ2v) is 3.62. The molecule has 0 aliphatic heterocycles. The van der Waals surface area contributed by atoms with Gasteiger partial charge in [-0.25, -0.2) is 0 Å². The van der Waals surface area contributed by atoms with E-state index in [9.17, 15) is 21.6 Å². The lowest BCUT2D eigenvalue weighted by Crippen LogP contribution is -2.29. The molecular weight excluding hydrogens is 197 g/mol. The molecule has 0 N–H and O–H groups in total. The lowest BCUT2D eigenvalue weighted by molar-refractivity contribution is -0.0449. The molecule has 0 aliphatic rings. The van der Waals surface area contributed by atoms with E-state index in [0.29, 0.717) is 6.20 Å². The van der Waals surface area contributed by atoms with E-state index < -0.39 is 15.5 Å². The van der Waals surface area contributed by atoms with Crippen molar-refractivity contribution in [2.45, 2.75) is 5.51 Å². The molecule has 12 heavy (non-hydrogen) atoms. The molecule has 0 saturated heterocycles. The van der Waals surface area contributed by atoms with Gasteiger partial charge in [0.15, 0.2) is 0 Å². The Morgan fingerprint density at radius 2 is 1.92 bits per heavy atom. The van der Waals surface area contributed by atoms with Crippen molar-refractivity contribution < 1.29 is 21.6 Å². The van der Waals surface area contributed by atoms with Crippen molar-refractivity contribution in [1.29, 1.82) is 0 Å². The van der Waals surface area contributed by atoms with Gasteiger partial charge in [0.1, 0.15) is 0 Å². The summed E-state index contributed by atoms with van der Waals surface area (Å²) in [5, 5.41) is 2.96. The molecule has 0 saturated carbocycles. The lowest BCUT2D eigenvalue weighted by atomic mass is 10.8. The maximum atomic E-state index is 11.7. The first-order valence-corrected chi connectivity index (χ1v) is 4.11. The fourth-order valence-corrected chi connectivity index (χ4v) is 1.12. The van der Waals surface area contributed by atoms with Crippen LogP contribution in [0.4, 0.5) is 13.2 Å². The maximum absolute atomic E-state index is 11.7. The molecule has 1 rings (SSSR count). The van der Waals surface area contributed by atoms with Crippen LogP contribution in [0, 0.1) is 0 Å². The highest BCUT2D eigenvalue weighted by Gasteiger charge is 2.47. The summed E-state index contributed by atoms with van der Waals surface area (Å²) >= 11 is 0. The molecule has 0 aromatic carbocycles. The molecule has 0 fully saturated rings. The molecule has 0 aliphatic carbocycles. The fraction of sp³-hybridized carbons (Fsp3) is 0.250. The summed E-state index contributed by atoms with van der Waals surface area (Å²) in [5.41, 5.74) is -5.31. The molecule has 68 valence electrons. The summed E-state index contributed by atoms with van der Waals surface area (Å²) in [6.07, 6.45) is 1.66. The first-order valence-electron chi connectivity index (χ1n) is 2.67. The second kappa shape index (κ2) is 2.47. The number of nitrogens with zero attached hydrogens (tertiary/aromatic N) is 2. The first kappa shape index (κ1) is 9.04. The number of hydrogen-bond donors (Lipinski definition) is 0. The SMILES string of the molecule is O=S(=O)(n1cccn1)C(F)(F)F. The number of halogens is 3. The normalized spacial score (nSPS) is 13.2. The van der Waals surface area contributed by atoms with Crippen molar-refractivity contribution in [2.75, 3.05) is 0 Å². The van der Waals surface area contributed by atoms with E-state index in [1.165, 1.54) is 0 Å². The highest BCUT2D eigenvalue weighted by atomic mass is 32.2. The molecule has 0 atom stereocenters. The summed E-state index contributed by atoms with van der Waals surface area (Å²) in [6.45, 7) is 0. The third-order valence-corrected chi connectivity index (χ3v) is 2.31. The predicted molar refractivity (Wildman–Crippen MR) is 32.6 cm³/mol. The monoisotopic (exact) mass is 200 g/mol. The van der Waals surface area contributed by atoms with Crippen LogP contribution in [0.25, 0.3) is 0 Å². The number of hydrogen-bond acceptors (Lipinski definition) is 3. The molecule has 8 heteroatoms. The summed E-state index contributed by atoms with van der Waals surface area (Å²) in [6, 6.07) is 1.09. The minimum absolute atomic E-state index is 0.132. The third-order valence-electron chi connectivity index (χ3n) is 1.02. The van der Waals surface area contributed by atoms with Crippen molar-refractivity contribution in [3.63, 3.8) is 0 Å². The van der Waals surface area contributed by atoms with Gasteiger partial charge in [0.25, 0.3) is 0 Å². The van der Waals surface area contributed by atoms with Gasteiger partial charge < -0.3 is 0 Å². The van der Waals surface area contributed by atoms with Crippen molar-refractivity contribution in [2.24, 2.45) is 0 Å².